The number of methoxy groups -OCH3 is 1. The molecular formula is C15H25NO3S. The highest BCUT2D eigenvalue weighted by Gasteiger charge is 2.22. The van der Waals surface area contributed by atoms with Gasteiger partial charge < -0.3 is 10.5 Å². The van der Waals surface area contributed by atoms with Gasteiger partial charge in [-0.15, -0.1) is 0 Å². The molecule has 0 saturated heterocycles. The van der Waals surface area contributed by atoms with Crippen LogP contribution in [0.5, 0.6) is 5.75 Å². The molecule has 5 heteroatoms. The van der Waals surface area contributed by atoms with E-state index in [0.29, 0.717) is 5.75 Å². The van der Waals surface area contributed by atoms with Crippen molar-refractivity contribution in [1.82, 2.24) is 0 Å². The molecule has 0 saturated carbocycles. The van der Waals surface area contributed by atoms with E-state index in [4.69, 9.17) is 10.5 Å². The molecule has 4 nitrogen and oxygen atoms in total. The van der Waals surface area contributed by atoms with Gasteiger partial charge in [-0.2, -0.15) is 0 Å². The second kappa shape index (κ2) is 7.53. The third-order valence-electron chi connectivity index (χ3n) is 3.55. The molecule has 1 aromatic carbocycles. The van der Waals surface area contributed by atoms with Crippen molar-refractivity contribution >= 4 is 15.5 Å². The van der Waals surface area contributed by atoms with Gasteiger partial charge in [0.1, 0.15) is 5.75 Å². The number of ether oxygens (including phenoxy) is 1. The number of rotatable bonds is 8. The van der Waals surface area contributed by atoms with Crippen LogP contribution in [-0.4, -0.2) is 21.3 Å². The Morgan fingerprint density at radius 3 is 2.55 bits per heavy atom. The lowest BCUT2D eigenvalue weighted by atomic mass is 10.0. The molecule has 20 heavy (non-hydrogen) atoms. The third kappa shape index (κ3) is 4.40. The molecule has 0 amide bonds. The zero-order valence-corrected chi connectivity index (χ0v) is 13.4. The Bertz CT molecular complexity index is 526. The Morgan fingerprint density at radius 1 is 1.30 bits per heavy atom. The van der Waals surface area contributed by atoms with E-state index in [9.17, 15) is 8.42 Å². The van der Waals surface area contributed by atoms with Crippen LogP contribution in [0.25, 0.3) is 0 Å². The number of unbranched alkanes of at least 4 members (excludes halogenated alkanes) is 1. The second-order valence-corrected chi connectivity index (χ2v) is 7.10. The predicted molar refractivity (Wildman–Crippen MR) is 82.8 cm³/mol. The van der Waals surface area contributed by atoms with E-state index >= 15 is 0 Å². The first kappa shape index (κ1) is 16.8. The molecule has 1 atom stereocenters. The molecule has 114 valence electrons. The summed E-state index contributed by atoms with van der Waals surface area (Å²) in [6.45, 7) is 4.14. The van der Waals surface area contributed by atoms with Crippen LogP contribution in [0.4, 0.5) is 5.69 Å². The Hall–Kier alpha value is -1.23. The monoisotopic (exact) mass is 299 g/mol. The van der Waals surface area contributed by atoms with Crippen molar-refractivity contribution in [1.29, 1.82) is 0 Å². The summed E-state index contributed by atoms with van der Waals surface area (Å²) >= 11 is 0. The normalized spacial score (nSPS) is 13.2. The van der Waals surface area contributed by atoms with Gasteiger partial charge in [-0.1, -0.05) is 33.1 Å². The molecule has 1 aromatic rings. The summed E-state index contributed by atoms with van der Waals surface area (Å²) in [6, 6.07) is 4.76. The Balaban J connectivity index is 2.97. The number of sulfone groups is 1. The maximum atomic E-state index is 12.5. The van der Waals surface area contributed by atoms with Gasteiger partial charge in [-0.05, 0) is 24.5 Å². The van der Waals surface area contributed by atoms with Crippen molar-refractivity contribution in [3.8, 4) is 5.75 Å². The molecule has 1 rings (SSSR count). The number of nitrogens with two attached hydrogens (primary N) is 1. The van der Waals surface area contributed by atoms with E-state index < -0.39 is 9.84 Å². The summed E-state index contributed by atoms with van der Waals surface area (Å²) < 4.78 is 30.1. The van der Waals surface area contributed by atoms with Crippen LogP contribution in [0, 0.1) is 5.92 Å². The van der Waals surface area contributed by atoms with Crippen molar-refractivity contribution < 1.29 is 13.2 Å². The molecule has 2 N–H and O–H groups in total. The van der Waals surface area contributed by atoms with Gasteiger partial charge in [0.15, 0.2) is 9.84 Å². The Kier molecular flexibility index (Phi) is 6.33. The van der Waals surface area contributed by atoms with Gasteiger partial charge in [0.2, 0.25) is 0 Å². The quantitative estimate of drug-likeness (QED) is 0.748. The van der Waals surface area contributed by atoms with Gasteiger partial charge in [-0.25, -0.2) is 8.42 Å². The first-order valence-electron chi connectivity index (χ1n) is 7.10. The summed E-state index contributed by atoms with van der Waals surface area (Å²) in [5, 5.41) is 0. The summed E-state index contributed by atoms with van der Waals surface area (Å²) in [5.74, 6) is 0.853. The van der Waals surface area contributed by atoms with E-state index in [2.05, 4.69) is 6.92 Å². The van der Waals surface area contributed by atoms with Crippen molar-refractivity contribution in [3.05, 3.63) is 18.2 Å². The summed E-state index contributed by atoms with van der Waals surface area (Å²) in [4.78, 5) is 0.187. The summed E-state index contributed by atoms with van der Waals surface area (Å²) in [6.07, 6.45) is 3.94. The van der Waals surface area contributed by atoms with E-state index in [1.807, 2.05) is 6.92 Å². The summed E-state index contributed by atoms with van der Waals surface area (Å²) in [7, 11) is -1.86. The lowest BCUT2D eigenvalue weighted by molar-refractivity contribution is 0.413. The molecule has 1 unspecified atom stereocenters. The van der Waals surface area contributed by atoms with Gasteiger partial charge in [0.25, 0.3) is 0 Å². The van der Waals surface area contributed by atoms with Crippen molar-refractivity contribution in [2.24, 2.45) is 5.92 Å². The minimum atomic E-state index is -3.37. The fourth-order valence-corrected chi connectivity index (χ4v) is 4.13. The van der Waals surface area contributed by atoms with Crippen molar-refractivity contribution in [2.45, 2.75) is 44.4 Å². The topological polar surface area (TPSA) is 69.4 Å². The highest BCUT2D eigenvalue weighted by Crippen LogP contribution is 2.27. The van der Waals surface area contributed by atoms with E-state index in [1.165, 1.54) is 13.2 Å². The first-order chi connectivity index (χ1) is 9.44. The minimum absolute atomic E-state index is 0.154. The van der Waals surface area contributed by atoms with Crippen LogP contribution in [-0.2, 0) is 9.84 Å². The highest BCUT2D eigenvalue weighted by atomic mass is 32.2. The van der Waals surface area contributed by atoms with Crippen LogP contribution >= 0.6 is 0 Å². The molecule has 0 aromatic heterocycles. The first-order valence-corrected chi connectivity index (χ1v) is 8.76. The Labute approximate surface area is 122 Å². The predicted octanol–water partition coefficient (Wildman–Crippen LogP) is 3.27. The number of hydrogen-bond acceptors (Lipinski definition) is 4. The van der Waals surface area contributed by atoms with Crippen molar-refractivity contribution in [3.63, 3.8) is 0 Å². The summed E-state index contributed by atoms with van der Waals surface area (Å²) in [5.41, 5.74) is 6.10. The van der Waals surface area contributed by atoms with Gasteiger partial charge in [-0.3, -0.25) is 0 Å². The third-order valence-corrected chi connectivity index (χ3v) is 5.49. The van der Waals surface area contributed by atoms with Crippen LogP contribution in [0.2, 0.25) is 0 Å². The maximum Gasteiger partial charge on any atom is 0.180 e. The lowest BCUT2D eigenvalue weighted by Crippen LogP contribution is -2.17. The SMILES string of the molecule is CCCCC(CC)CS(=O)(=O)c1cc(OC)ccc1N. The Morgan fingerprint density at radius 2 is 2.00 bits per heavy atom. The smallest absolute Gasteiger partial charge is 0.180 e. The van der Waals surface area contributed by atoms with E-state index in [0.717, 1.165) is 25.7 Å². The minimum Gasteiger partial charge on any atom is -0.497 e. The van der Waals surface area contributed by atoms with Gasteiger partial charge in [0, 0.05) is 6.07 Å². The zero-order chi connectivity index (χ0) is 15.2. The number of nitrogen functional groups attached to an aromatic ring is 1. The highest BCUT2D eigenvalue weighted by molar-refractivity contribution is 7.91. The van der Waals surface area contributed by atoms with Crippen LogP contribution in [0.15, 0.2) is 23.1 Å². The molecule has 0 spiro atoms. The molecular weight excluding hydrogens is 274 g/mol. The van der Waals surface area contributed by atoms with E-state index in [1.54, 1.807) is 12.1 Å². The molecule has 0 bridgehead atoms. The van der Waals surface area contributed by atoms with Crippen LogP contribution < -0.4 is 10.5 Å². The number of benzene rings is 1. The number of anilines is 1. The average molecular weight is 299 g/mol. The van der Waals surface area contributed by atoms with Crippen LogP contribution in [0.3, 0.4) is 0 Å². The lowest BCUT2D eigenvalue weighted by Gasteiger charge is -2.16. The molecule has 0 radical (unpaired) electrons. The largest absolute Gasteiger partial charge is 0.497 e. The molecule has 0 aliphatic carbocycles. The molecule has 0 heterocycles. The van der Waals surface area contributed by atoms with Crippen LogP contribution in [0.1, 0.15) is 39.5 Å². The average Bonchev–Trinajstić information content (AvgIpc) is 2.43. The van der Waals surface area contributed by atoms with E-state index in [-0.39, 0.29) is 22.3 Å². The fourth-order valence-electron chi connectivity index (χ4n) is 2.21. The number of hydrogen-bond donors (Lipinski definition) is 1. The second-order valence-electron chi connectivity index (χ2n) is 5.10. The molecule has 0 fully saturated rings. The van der Waals surface area contributed by atoms with Crippen molar-refractivity contribution in [2.75, 3.05) is 18.6 Å². The molecule has 0 aliphatic rings. The standard InChI is InChI=1S/C15H25NO3S/c1-4-6-7-12(5-2)11-20(17,18)15-10-13(19-3)8-9-14(15)16/h8-10,12H,4-7,11,16H2,1-3H3. The van der Waals surface area contributed by atoms with Gasteiger partial charge >= 0.3 is 0 Å². The molecule has 0 aliphatic heterocycles. The fraction of sp³-hybridized carbons (Fsp3) is 0.600. The van der Waals surface area contributed by atoms with Gasteiger partial charge in [0.05, 0.1) is 23.4 Å². The zero-order valence-electron chi connectivity index (χ0n) is 12.6. The maximum absolute atomic E-state index is 12.5.